The molecule has 0 aromatic heterocycles. The zero-order valence-corrected chi connectivity index (χ0v) is 12.4. The highest BCUT2D eigenvalue weighted by atomic mass is 32.2. The SMILES string of the molecule is Oc1ccccc1SCc1ccc(-c2ccccc2)cc1. The maximum absolute atomic E-state index is 9.76. The van der Waals surface area contributed by atoms with E-state index in [1.807, 2.05) is 24.3 Å². The third-order valence-electron chi connectivity index (χ3n) is 3.32. The molecule has 0 saturated heterocycles. The van der Waals surface area contributed by atoms with Crippen molar-refractivity contribution in [1.82, 2.24) is 0 Å². The van der Waals surface area contributed by atoms with Crippen molar-refractivity contribution in [2.45, 2.75) is 10.6 Å². The highest BCUT2D eigenvalue weighted by molar-refractivity contribution is 7.98. The lowest BCUT2D eigenvalue weighted by atomic mass is 10.0. The summed E-state index contributed by atoms with van der Waals surface area (Å²) < 4.78 is 0. The third-order valence-corrected chi connectivity index (χ3v) is 4.45. The van der Waals surface area contributed by atoms with Crippen molar-refractivity contribution in [3.63, 3.8) is 0 Å². The van der Waals surface area contributed by atoms with Crippen molar-refractivity contribution in [1.29, 1.82) is 0 Å². The Bertz CT molecular complexity index is 705. The second-order valence-corrected chi connectivity index (χ2v) is 5.84. The van der Waals surface area contributed by atoms with E-state index in [9.17, 15) is 5.11 Å². The van der Waals surface area contributed by atoms with Crippen molar-refractivity contribution < 1.29 is 5.11 Å². The van der Waals surface area contributed by atoms with Gasteiger partial charge in [0.05, 0.1) is 0 Å². The molecule has 3 rings (SSSR count). The molecule has 0 aliphatic rings. The Hall–Kier alpha value is -2.19. The van der Waals surface area contributed by atoms with Crippen molar-refractivity contribution in [3.05, 3.63) is 84.4 Å². The fourth-order valence-corrected chi connectivity index (χ4v) is 3.07. The van der Waals surface area contributed by atoms with Gasteiger partial charge in [-0.15, -0.1) is 11.8 Å². The predicted octanol–water partition coefficient (Wildman–Crippen LogP) is 5.35. The lowest BCUT2D eigenvalue weighted by Crippen LogP contribution is -1.82. The van der Waals surface area contributed by atoms with E-state index in [2.05, 4.69) is 48.5 Å². The highest BCUT2D eigenvalue weighted by Gasteiger charge is 2.02. The quantitative estimate of drug-likeness (QED) is 0.654. The van der Waals surface area contributed by atoms with Gasteiger partial charge in [-0.05, 0) is 28.8 Å². The number of rotatable bonds is 4. The van der Waals surface area contributed by atoms with E-state index in [1.165, 1.54) is 16.7 Å². The molecule has 0 amide bonds. The summed E-state index contributed by atoms with van der Waals surface area (Å²) in [5, 5.41) is 9.76. The average molecular weight is 292 g/mol. The molecule has 1 nitrogen and oxygen atoms in total. The second kappa shape index (κ2) is 6.51. The van der Waals surface area contributed by atoms with Crippen LogP contribution in [0.4, 0.5) is 0 Å². The molecule has 0 bridgehead atoms. The molecular formula is C19H16OS. The molecular weight excluding hydrogens is 276 g/mol. The molecule has 0 radical (unpaired) electrons. The topological polar surface area (TPSA) is 20.2 Å². The van der Waals surface area contributed by atoms with Crippen LogP contribution < -0.4 is 0 Å². The maximum atomic E-state index is 9.76. The molecule has 0 heterocycles. The molecule has 0 unspecified atom stereocenters. The van der Waals surface area contributed by atoms with Crippen LogP contribution in [0.3, 0.4) is 0 Å². The first-order chi connectivity index (χ1) is 10.3. The molecule has 0 saturated carbocycles. The van der Waals surface area contributed by atoms with Crippen LogP contribution in [0.5, 0.6) is 5.75 Å². The van der Waals surface area contributed by atoms with Gasteiger partial charge in [0.1, 0.15) is 5.75 Å². The molecule has 104 valence electrons. The van der Waals surface area contributed by atoms with E-state index in [1.54, 1.807) is 17.8 Å². The van der Waals surface area contributed by atoms with Crippen LogP contribution in [0.25, 0.3) is 11.1 Å². The minimum absolute atomic E-state index is 0.350. The van der Waals surface area contributed by atoms with Gasteiger partial charge in [0.15, 0.2) is 0 Å². The monoisotopic (exact) mass is 292 g/mol. The number of thioether (sulfide) groups is 1. The second-order valence-electron chi connectivity index (χ2n) is 4.82. The van der Waals surface area contributed by atoms with Crippen LogP contribution in [-0.4, -0.2) is 5.11 Å². The van der Waals surface area contributed by atoms with Crippen LogP contribution in [-0.2, 0) is 5.75 Å². The van der Waals surface area contributed by atoms with Gasteiger partial charge in [0.2, 0.25) is 0 Å². The van der Waals surface area contributed by atoms with Crippen molar-refractivity contribution in [2.75, 3.05) is 0 Å². The molecule has 1 N–H and O–H groups in total. The first-order valence-corrected chi connectivity index (χ1v) is 7.86. The Morgan fingerprint density at radius 2 is 1.29 bits per heavy atom. The van der Waals surface area contributed by atoms with Crippen LogP contribution in [0.1, 0.15) is 5.56 Å². The number of benzene rings is 3. The van der Waals surface area contributed by atoms with E-state index < -0.39 is 0 Å². The Balaban J connectivity index is 1.69. The Labute approximate surface area is 129 Å². The number of phenolic OH excluding ortho intramolecular Hbond substituents is 1. The molecule has 3 aromatic rings. The van der Waals surface area contributed by atoms with Gasteiger partial charge in [-0.1, -0.05) is 66.7 Å². The normalized spacial score (nSPS) is 10.5. The van der Waals surface area contributed by atoms with Gasteiger partial charge in [0.25, 0.3) is 0 Å². The lowest BCUT2D eigenvalue weighted by Gasteiger charge is -2.06. The number of hydrogen-bond acceptors (Lipinski definition) is 2. The van der Waals surface area contributed by atoms with Gasteiger partial charge < -0.3 is 5.11 Å². The lowest BCUT2D eigenvalue weighted by molar-refractivity contribution is 0.462. The van der Waals surface area contributed by atoms with E-state index in [0.29, 0.717) is 5.75 Å². The van der Waals surface area contributed by atoms with Gasteiger partial charge in [-0.25, -0.2) is 0 Å². The molecule has 0 atom stereocenters. The first-order valence-electron chi connectivity index (χ1n) is 6.88. The van der Waals surface area contributed by atoms with Crippen molar-refractivity contribution in [2.24, 2.45) is 0 Å². The fourth-order valence-electron chi connectivity index (χ4n) is 2.16. The van der Waals surface area contributed by atoms with Crippen molar-refractivity contribution in [3.8, 4) is 16.9 Å². The number of hydrogen-bond donors (Lipinski definition) is 1. The molecule has 21 heavy (non-hydrogen) atoms. The summed E-state index contributed by atoms with van der Waals surface area (Å²) in [7, 11) is 0. The molecule has 3 aromatic carbocycles. The van der Waals surface area contributed by atoms with E-state index in [-0.39, 0.29) is 0 Å². The van der Waals surface area contributed by atoms with E-state index in [0.717, 1.165) is 10.6 Å². The zero-order chi connectivity index (χ0) is 14.5. The number of aromatic hydroxyl groups is 1. The summed E-state index contributed by atoms with van der Waals surface area (Å²) in [5.74, 6) is 1.20. The van der Waals surface area contributed by atoms with Gasteiger partial charge in [0, 0.05) is 10.6 Å². The first kappa shape index (κ1) is 13.8. The van der Waals surface area contributed by atoms with Crippen LogP contribution in [0, 0.1) is 0 Å². The number of phenols is 1. The zero-order valence-electron chi connectivity index (χ0n) is 11.6. The third kappa shape index (κ3) is 3.47. The van der Waals surface area contributed by atoms with Crippen molar-refractivity contribution >= 4 is 11.8 Å². The Morgan fingerprint density at radius 3 is 2.00 bits per heavy atom. The summed E-state index contributed by atoms with van der Waals surface area (Å²) in [6.07, 6.45) is 0. The molecule has 2 heteroatoms. The molecule has 0 spiro atoms. The minimum Gasteiger partial charge on any atom is -0.507 e. The summed E-state index contributed by atoms with van der Waals surface area (Å²) in [6.45, 7) is 0. The van der Waals surface area contributed by atoms with Crippen LogP contribution in [0.2, 0.25) is 0 Å². The van der Waals surface area contributed by atoms with Crippen LogP contribution >= 0.6 is 11.8 Å². The summed E-state index contributed by atoms with van der Waals surface area (Å²) in [5.41, 5.74) is 3.72. The van der Waals surface area contributed by atoms with E-state index >= 15 is 0 Å². The van der Waals surface area contributed by atoms with Crippen LogP contribution in [0.15, 0.2) is 83.8 Å². The molecule has 0 aliphatic heterocycles. The van der Waals surface area contributed by atoms with Gasteiger partial charge in [-0.3, -0.25) is 0 Å². The highest BCUT2D eigenvalue weighted by Crippen LogP contribution is 2.30. The average Bonchev–Trinajstić information content (AvgIpc) is 2.55. The standard InChI is InChI=1S/C19H16OS/c20-18-8-4-5-9-19(18)21-14-15-10-12-17(13-11-15)16-6-2-1-3-7-16/h1-13,20H,14H2. The molecule has 0 fully saturated rings. The molecule has 0 aliphatic carbocycles. The maximum Gasteiger partial charge on any atom is 0.129 e. The Morgan fingerprint density at radius 1 is 0.667 bits per heavy atom. The minimum atomic E-state index is 0.350. The summed E-state index contributed by atoms with van der Waals surface area (Å²) in [6, 6.07) is 26.4. The predicted molar refractivity (Wildman–Crippen MR) is 89.5 cm³/mol. The fraction of sp³-hybridized carbons (Fsp3) is 0.0526. The summed E-state index contributed by atoms with van der Waals surface area (Å²) >= 11 is 1.65. The smallest absolute Gasteiger partial charge is 0.129 e. The van der Waals surface area contributed by atoms with Gasteiger partial charge >= 0.3 is 0 Å². The number of para-hydroxylation sites is 1. The van der Waals surface area contributed by atoms with E-state index in [4.69, 9.17) is 0 Å². The van der Waals surface area contributed by atoms with Gasteiger partial charge in [-0.2, -0.15) is 0 Å². The summed E-state index contributed by atoms with van der Waals surface area (Å²) in [4.78, 5) is 0.921. The largest absolute Gasteiger partial charge is 0.507 e. The Kier molecular flexibility index (Phi) is 4.27.